The third-order valence-corrected chi connectivity index (χ3v) is 2.33. The summed E-state index contributed by atoms with van der Waals surface area (Å²) in [6.45, 7) is 4.68. The number of alkyl halides is 3. The van der Waals surface area contributed by atoms with E-state index < -0.39 is 11.7 Å². The van der Waals surface area contributed by atoms with Gasteiger partial charge in [-0.1, -0.05) is 13.8 Å². The van der Waals surface area contributed by atoms with Gasteiger partial charge < -0.3 is 5.32 Å². The monoisotopic (exact) mass is 232 g/mol. The molecule has 0 aliphatic rings. The number of aromatic nitrogens is 1. The van der Waals surface area contributed by atoms with Crippen LogP contribution in [0, 0.1) is 0 Å². The molecule has 0 fully saturated rings. The highest BCUT2D eigenvalue weighted by Crippen LogP contribution is 2.29. The molecule has 2 nitrogen and oxygen atoms in total. The van der Waals surface area contributed by atoms with Crippen molar-refractivity contribution in [2.45, 2.75) is 32.5 Å². The molecule has 1 atom stereocenters. The fourth-order valence-electron chi connectivity index (χ4n) is 1.48. The number of nitrogens with zero attached hydrogens (tertiary/aromatic N) is 1. The van der Waals surface area contributed by atoms with Crippen LogP contribution < -0.4 is 5.32 Å². The zero-order chi connectivity index (χ0) is 12.2. The summed E-state index contributed by atoms with van der Waals surface area (Å²) in [5.74, 6) is 0. The topological polar surface area (TPSA) is 24.9 Å². The zero-order valence-corrected chi connectivity index (χ0v) is 9.30. The van der Waals surface area contributed by atoms with Crippen LogP contribution in [-0.2, 0) is 6.18 Å². The van der Waals surface area contributed by atoms with E-state index in [0.717, 1.165) is 25.2 Å². The van der Waals surface area contributed by atoms with E-state index in [1.54, 1.807) is 0 Å². The molecule has 1 heterocycles. The molecule has 1 aromatic heterocycles. The first-order valence-corrected chi connectivity index (χ1v) is 5.25. The van der Waals surface area contributed by atoms with Gasteiger partial charge in [-0.3, -0.25) is 4.98 Å². The van der Waals surface area contributed by atoms with Gasteiger partial charge in [-0.2, -0.15) is 13.2 Å². The number of hydrogen-bond acceptors (Lipinski definition) is 2. The van der Waals surface area contributed by atoms with Crippen LogP contribution in [-0.4, -0.2) is 11.5 Å². The maximum Gasteiger partial charge on any atom is 0.417 e. The number of nitrogens with one attached hydrogen (secondary N) is 1. The van der Waals surface area contributed by atoms with Gasteiger partial charge in [0.15, 0.2) is 0 Å². The summed E-state index contributed by atoms with van der Waals surface area (Å²) in [7, 11) is 0. The van der Waals surface area contributed by atoms with Crippen molar-refractivity contribution in [3.63, 3.8) is 0 Å². The second kappa shape index (κ2) is 5.30. The molecule has 1 rings (SSSR count). The fraction of sp³-hybridized carbons (Fsp3) is 0.545. The van der Waals surface area contributed by atoms with Gasteiger partial charge in [-0.15, -0.1) is 0 Å². The fourth-order valence-corrected chi connectivity index (χ4v) is 1.48. The predicted molar refractivity (Wildman–Crippen MR) is 55.9 cm³/mol. The van der Waals surface area contributed by atoms with Crippen LogP contribution in [0.25, 0.3) is 0 Å². The Hall–Kier alpha value is -1.10. The van der Waals surface area contributed by atoms with Crippen molar-refractivity contribution in [3.8, 4) is 0 Å². The molecule has 0 saturated carbocycles. The van der Waals surface area contributed by atoms with Gasteiger partial charge in [0.1, 0.15) is 0 Å². The molecular formula is C11H15F3N2. The van der Waals surface area contributed by atoms with Gasteiger partial charge in [-0.05, 0) is 25.1 Å². The number of hydrogen-bond donors (Lipinski definition) is 1. The Morgan fingerprint density at radius 3 is 2.38 bits per heavy atom. The van der Waals surface area contributed by atoms with Gasteiger partial charge in [0.25, 0.3) is 0 Å². The van der Waals surface area contributed by atoms with Gasteiger partial charge in [0, 0.05) is 12.2 Å². The molecule has 0 spiro atoms. The van der Waals surface area contributed by atoms with Crippen molar-refractivity contribution in [1.82, 2.24) is 10.3 Å². The van der Waals surface area contributed by atoms with Crippen molar-refractivity contribution >= 4 is 0 Å². The zero-order valence-electron chi connectivity index (χ0n) is 9.30. The van der Waals surface area contributed by atoms with Crippen molar-refractivity contribution < 1.29 is 13.2 Å². The lowest BCUT2D eigenvalue weighted by atomic mass is 10.1. The standard InChI is InChI=1S/C11H15F3N2/c1-3-9(15-4-2)10-6-5-8(7-16-10)11(12,13)14/h5-7,9,15H,3-4H2,1-2H3. The summed E-state index contributed by atoms with van der Waals surface area (Å²) < 4.78 is 36.9. The van der Waals surface area contributed by atoms with E-state index in [1.165, 1.54) is 6.07 Å². The van der Waals surface area contributed by atoms with E-state index in [9.17, 15) is 13.2 Å². The minimum absolute atomic E-state index is 0.0206. The van der Waals surface area contributed by atoms with Gasteiger partial charge in [0.05, 0.1) is 11.3 Å². The summed E-state index contributed by atoms with van der Waals surface area (Å²) >= 11 is 0. The van der Waals surface area contributed by atoms with E-state index in [0.29, 0.717) is 5.69 Å². The highest BCUT2D eigenvalue weighted by atomic mass is 19.4. The Morgan fingerprint density at radius 1 is 1.31 bits per heavy atom. The summed E-state index contributed by atoms with van der Waals surface area (Å²) in [6, 6.07) is 2.52. The Labute approximate surface area is 92.9 Å². The Bertz CT molecular complexity index is 319. The molecule has 1 unspecified atom stereocenters. The molecular weight excluding hydrogens is 217 g/mol. The average molecular weight is 232 g/mol. The molecule has 0 aromatic carbocycles. The van der Waals surface area contributed by atoms with E-state index in [-0.39, 0.29) is 6.04 Å². The summed E-state index contributed by atoms with van der Waals surface area (Å²) in [5.41, 5.74) is -0.0556. The normalized spacial score (nSPS) is 13.8. The number of rotatable bonds is 4. The second-order valence-electron chi connectivity index (χ2n) is 3.49. The minimum atomic E-state index is -4.31. The van der Waals surface area contributed by atoms with Crippen molar-refractivity contribution in [1.29, 1.82) is 0 Å². The number of pyridine rings is 1. The van der Waals surface area contributed by atoms with Crippen LogP contribution in [0.4, 0.5) is 13.2 Å². The van der Waals surface area contributed by atoms with E-state index in [1.807, 2.05) is 13.8 Å². The molecule has 1 aromatic rings. The summed E-state index contributed by atoms with van der Waals surface area (Å²) in [5, 5.41) is 3.16. The predicted octanol–water partition coefficient (Wildman–Crippen LogP) is 3.16. The molecule has 90 valence electrons. The maximum absolute atomic E-state index is 12.3. The van der Waals surface area contributed by atoms with Crippen LogP contribution in [0.15, 0.2) is 18.3 Å². The van der Waals surface area contributed by atoms with Gasteiger partial charge in [0.2, 0.25) is 0 Å². The molecule has 5 heteroatoms. The Kier molecular flexibility index (Phi) is 4.29. The van der Waals surface area contributed by atoms with Crippen LogP contribution in [0.1, 0.15) is 37.6 Å². The molecule has 16 heavy (non-hydrogen) atoms. The molecule has 0 aliphatic heterocycles. The third-order valence-electron chi connectivity index (χ3n) is 2.33. The molecule has 0 aliphatic carbocycles. The first-order valence-electron chi connectivity index (χ1n) is 5.25. The van der Waals surface area contributed by atoms with Crippen molar-refractivity contribution in [3.05, 3.63) is 29.6 Å². The number of halogens is 3. The van der Waals surface area contributed by atoms with Crippen molar-refractivity contribution in [2.75, 3.05) is 6.54 Å². The second-order valence-corrected chi connectivity index (χ2v) is 3.49. The average Bonchev–Trinajstić information content (AvgIpc) is 2.25. The lowest BCUT2D eigenvalue weighted by Crippen LogP contribution is -2.21. The van der Waals surface area contributed by atoms with E-state index in [2.05, 4.69) is 10.3 Å². The van der Waals surface area contributed by atoms with E-state index in [4.69, 9.17) is 0 Å². The van der Waals surface area contributed by atoms with Crippen LogP contribution in [0.3, 0.4) is 0 Å². The highest BCUT2D eigenvalue weighted by Gasteiger charge is 2.30. The highest BCUT2D eigenvalue weighted by molar-refractivity contribution is 5.18. The quantitative estimate of drug-likeness (QED) is 0.862. The summed E-state index contributed by atoms with van der Waals surface area (Å²) in [6.07, 6.45) is -2.63. The largest absolute Gasteiger partial charge is 0.417 e. The van der Waals surface area contributed by atoms with Crippen LogP contribution in [0.2, 0.25) is 0 Å². The summed E-state index contributed by atoms with van der Waals surface area (Å²) in [4.78, 5) is 3.85. The first-order chi connectivity index (χ1) is 7.49. The molecule has 0 bridgehead atoms. The molecule has 1 N–H and O–H groups in total. The Morgan fingerprint density at radius 2 is 2.00 bits per heavy atom. The van der Waals surface area contributed by atoms with Crippen molar-refractivity contribution in [2.24, 2.45) is 0 Å². The maximum atomic E-state index is 12.3. The molecule has 0 amide bonds. The van der Waals surface area contributed by atoms with Gasteiger partial charge >= 0.3 is 6.18 Å². The lowest BCUT2D eigenvalue weighted by Gasteiger charge is -2.15. The smallest absolute Gasteiger partial charge is 0.309 e. The van der Waals surface area contributed by atoms with Crippen LogP contribution in [0.5, 0.6) is 0 Å². The first kappa shape index (κ1) is 13.0. The van der Waals surface area contributed by atoms with Crippen LogP contribution >= 0.6 is 0 Å². The molecule has 0 radical (unpaired) electrons. The van der Waals surface area contributed by atoms with E-state index >= 15 is 0 Å². The lowest BCUT2D eigenvalue weighted by molar-refractivity contribution is -0.137. The Balaban J connectivity index is 2.85. The van der Waals surface area contributed by atoms with Gasteiger partial charge in [-0.25, -0.2) is 0 Å². The SMILES string of the molecule is CCNC(CC)c1ccc(C(F)(F)F)cn1. The molecule has 0 saturated heterocycles. The third kappa shape index (κ3) is 3.20. The minimum Gasteiger partial charge on any atom is -0.309 e.